The number of carbonyl (C=O) groups is 1. The Morgan fingerprint density at radius 1 is 1.46 bits per heavy atom. The number of hydrogen-bond acceptors (Lipinski definition) is 3. The van der Waals surface area contributed by atoms with Crippen LogP contribution in [0.3, 0.4) is 0 Å². The second-order valence-electron chi connectivity index (χ2n) is 3.87. The highest BCUT2D eigenvalue weighted by atomic mass is 32.1. The van der Waals surface area contributed by atoms with Gasteiger partial charge in [-0.2, -0.15) is 12.6 Å². The van der Waals surface area contributed by atoms with Crippen LogP contribution in [0.1, 0.15) is 19.3 Å². The fraction of sp³-hybridized carbons (Fsp3) is 0.889. The van der Waals surface area contributed by atoms with Crippen molar-refractivity contribution in [3.05, 3.63) is 0 Å². The molecule has 2 unspecified atom stereocenters. The lowest BCUT2D eigenvalue weighted by molar-refractivity contribution is -0.119. The highest BCUT2D eigenvalue weighted by molar-refractivity contribution is 7.81. The summed E-state index contributed by atoms with van der Waals surface area (Å²) in [7, 11) is 0. The van der Waals surface area contributed by atoms with Crippen molar-refractivity contribution in [3.8, 4) is 0 Å². The van der Waals surface area contributed by atoms with E-state index >= 15 is 0 Å². The van der Waals surface area contributed by atoms with E-state index in [1.807, 2.05) is 0 Å². The Morgan fingerprint density at radius 2 is 2.31 bits per heavy atom. The molecular formula is C9H16N2OS. The van der Waals surface area contributed by atoms with Crippen LogP contribution < -0.4 is 5.32 Å². The monoisotopic (exact) mass is 200 g/mol. The van der Waals surface area contributed by atoms with E-state index < -0.39 is 0 Å². The zero-order chi connectivity index (χ0) is 9.26. The molecule has 74 valence electrons. The summed E-state index contributed by atoms with van der Waals surface area (Å²) in [6, 6.07) is 1.01. The first-order valence-electron chi connectivity index (χ1n) is 4.95. The lowest BCUT2D eigenvalue weighted by atomic mass is 10.1. The topological polar surface area (TPSA) is 32.3 Å². The summed E-state index contributed by atoms with van der Waals surface area (Å²) in [5.41, 5.74) is 0. The molecule has 13 heavy (non-hydrogen) atoms. The summed E-state index contributed by atoms with van der Waals surface area (Å²) in [5.74, 6) is 0.380. The van der Waals surface area contributed by atoms with E-state index in [0.29, 0.717) is 17.8 Å². The van der Waals surface area contributed by atoms with E-state index in [4.69, 9.17) is 0 Å². The Labute approximate surface area is 84.3 Å². The predicted molar refractivity (Wildman–Crippen MR) is 55.0 cm³/mol. The highest BCUT2D eigenvalue weighted by Gasteiger charge is 2.37. The number of amides is 1. The van der Waals surface area contributed by atoms with E-state index in [9.17, 15) is 4.79 Å². The van der Waals surface area contributed by atoms with Crippen LogP contribution in [0, 0.1) is 0 Å². The molecule has 1 amide bonds. The van der Waals surface area contributed by atoms with Gasteiger partial charge in [-0.15, -0.1) is 0 Å². The molecule has 2 aliphatic rings. The molecular weight excluding hydrogens is 184 g/mol. The van der Waals surface area contributed by atoms with Crippen LogP contribution in [0.5, 0.6) is 0 Å². The van der Waals surface area contributed by atoms with Gasteiger partial charge in [-0.3, -0.25) is 9.69 Å². The molecule has 2 heterocycles. The third-order valence-electron chi connectivity index (χ3n) is 3.10. The fourth-order valence-corrected chi connectivity index (χ4v) is 2.59. The zero-order valence-electron chi connectivity index (χ0n) is 7.70. The molecule has 0 aromatic rings. The zero-order valence-corrected chi connectivity index (χ0v) is 8.59. The van der Waals surface area contributed by atoms with E-state index in [0.717, 1.165) is 13.0 Å². The Balaban J connectivity index is 1.90. The van der Waals surface area contributed by atoms with Crippen molar-refractivity contribution in [2.75, 3.05) is 18.8 Å². The third kappa shape index (κ3) is 1.83. The van der Waals surface area contributed by atoms with Crippen LogP contribution in [0.2, 0.25) is 0 Å². The molecule has 0 saturated carbocycles. The number of carbonyl (C=O) groups excluding carboxylic acids is 1. The first kappa shape index (κ1) is 9.34. The number of hydrogen-bond donors (Lipinski definition) is 2. The number of nitrogens with zero attached hydrogens (tertiary/aromatic N) is 1. The summed E-state index contributed by atoms with van der Waals surface area (Å²) in [6.07, 6.45) is 3.65. The van der Waals surface area contributed by atoms with Crippen molar-refractivity contribution in [1.82, 2.24) is 10.2 Å². The van der Waals surface area contributed by atoms with Crippen molar-refractivity contribution >= 4 is 18.5 Å². The Kier molecular flexibility index (Phi) is 2.79. The predicted octanol–water partition coefficient (Wildman–Crippen LogP) is 0.269. The molecule has 0 aromatic carbocycles. The highest BCUT2D eigenvalue weighted by Crippen LogP contribution is 2.27. The second-order valence-corrected chi connectivity index (χ2v) is 4.18. The maximum atomic E-state index is 11.2. The van der Waals surface area contributed by atoms with Gasteiger partial charge in [-0.25, -0.2) is 0 Å². The van der Waals surface area contributed by atoms with Crippen LogP contribution in [-0.4, -0.2) is 41.7 Å². The summed E-state index contributed by atoms with van der Waals surface area (Å²) in [4.78, 5) is 13.6. The second kappa shape index (κ2) is 3.88. The van der Waals surface area contributed by atoms with Crippen molar-refractivity contribution in [3.63, 3.8) is 0 Å². The maximum Gasteiger partial charge on any atom is 0.229 e. The fourth-order valence-electron chi connectivity index (χ4n) is 2.50. The van der Waals surface area contributed by atoms with Crippen LogP contribution in [-0.2, 0) is 4.79 Å². The summed E-state index contributed by atoms with van der Waals surface area (Å²) < 4.78 is 0. The summed E-state index contributed by atoms with van der Waals surface area (Å²) in [6.45, 7) is 2.38. The Morgan fingerprint density at radius 3 is 3.08 bits per heavy atom. The molecule has 4 heteroatoms. The van der Waals surface area contributed by atoms with Crippen LogP contribution in [0.15, 0.2) is 0 Å². The van der Waals surface area contributed by atoms with Crippen molar-refractivity contribution in [1.29, 1.82) is 0 Å². The van der Waals surface area contributed by atoms with Crippen molar-refractivity contribution < 1.29 is 4.79 Å². The average molecular weight is 200 g/mol. The van der Waals surface area contributed by atoms with Crippen LogP contribution in [0.25, 0.3) is 0 Å². The number of fused-ring (bicyclic) bond motifs is 1. The molecule has 2 rings (SSSR count). The van der Waals surface area contributed by atoms with Gasteiger partial charge in [0.2, 0.25) is 5.91 Å². The standard InChI is InChI=1S/C9H16N2OS/c12-9(6-13)10-7-3-5-11-4-1-2-8(7)11/h7-8,13H,1-6H2,(H,10,12). The average Bonchev–Trinajstić information content (AvgIpc) is 2.69. The number of thiol groups is 1. The molecule has 1 N–H and O–H groups in total. The lowest BCUT2D eigenvalue weighted by Gasteiger charge is -2.20. The van der Waals surface area contributed by atoms with E-state index in [1.54, 1.807) is 0 Å². The first-order valence-corrected chi connectivity index (χ1v) is 5.59. The SMILES string of the molecule is O=C(CS)NC1CCN2CCCC12. The molecule has 2 fully saturated rings. The van der Waals surface area contributed by atoms with Crippen molar-refractivity contribution in [2.45, 2.75) is 31.3 Å². The van der Waals surface area contributed by atoms with E-state index in [-0.39, 0.29) is 5.91 Å². The van der Waals surface area contributed by atoms with Gasteiger partial charge in [0.05, 0.1) is 5.75 Å². The smallest absolute Gasteiger partial charge is 0.229 e. The van der Waals surface area contributed by atoms with Gasteiger partial charge < -0.3 is 5.32 Å². The quantitative estimate of drug-likeness (QED) is 0.627. The van der Waals surface area contributed by atoms with E-state index in [2.05, 4.69) is 22.8 Å². The van der Waals surface area contributed by atoms with Gasteiger partial charge in [0.1, 0.15) is 0 Å². The van der Waals surface area contributed by atoms with Gasteiger partial charge in [-0.05, 0) is 25.8 Å². The minimum absolute atomic E-state index is 0.0714. The van der Waals surface area contributed by atoms with Crippen LogP contribution in [0.4, 0.5) is 0 Å². The molecule has 0 spiro atoms. The van der Waals surface area contributed by atoms with E-state index in [1.165, 1.54) is 19.4 Å². The molecule has 0 bridgehead atoms. The third-order valence-corrected chi connectivity index (χ3v) is 3.38. The van der Waals surface area contributed by atoms with Gasteiger partial charge in [0.25, 0.3) is 0 Å². The first-order chi connectivity index (χ1) is 6.31. The van der Waals surface area contributed by atoms with Gasteiger partial charge in [0, 0.05) is 18.6 Å². The van der Waals surface area contributed by atoms with Gasteiger partial charge in [-0.1, -0.05) is 0 Å². The van der Waals surface area contributed by atoms with Crippen molar-refractivity contribution in [2.24, 2.45) is 0 Å². The molecule has 0 aliphatic carbocycles. The summed E-state index contributed by atoms with van der Waals surface area (Å²) >= 11 is 3.96. The Bertz CT molecular complexity index is 210. The lowest BCUT2D eigenvalue weighted by Crippen LogP contribution is -2.42. The molecule has 0 radical (unpaired) electrons. The molecule has 3 nitrogen and oxygen atoms in total. The molecule has 0 aromatic heterocycles. The molecule has 2 saturated heterocycles. The molecule has 2 aliphatic heterocycles. The van der Waals surface area contributed by atoms with Gasteiger partial charge >= 0.3 is 0 Å². The minimum atomic E-state index is 0.0714. The Hall–Kier alpha value is -0.220. The largest absolute Gasteiger partial charge is 0.351 e. The van der Waals surface area contributed by atoms with Crippen LogP contribution >= 0.6 is 12.6 Å². The minimum Gasteiger partial charge on any atom is -0.351 e. The maximum absolute atomic E-state index is 11.2. The number of nitrogens with one attached hydrogen (secondary N) is 1. The number of rotatable bonds is 2. The normalized spacial score (nSPS) is 33.3. The summed E-state index contributed by atoms with van der Waals surface area (Å²) in [5, 5.41) is 3.04. The van der Waals surface area contributed by atoms with Gasteiger partial charge in [0.15, 0.2) is 0 Å². The molecule has 2 atom stereocenters.